The predicted octanol–water partition coefficient (Wildman–Crippen LogP) is 3.14. The Bertz CT molecular complexity index is 578. The Morgan fingerprint density at radius 1 is 1.19 bits per heavy atom. The molecule has 0 aromatic heterocycles. The van der Waals surface area contributed by atoms with Crippen LogP contribution < -0.4 is 5.32 Å². The molecule has 1 amide bonds. The second-order valence-corrected chi connectivity index (χ2v) is 7.81. The molecule has 1 aromatic carbocycles. The molecule has 2 rings (SSSR count). The van der Waals surface area contributed by atoms with Gasteiger partial charge in [0.25, 0.3) is 0 Å². The highest BCUT2D eigenvalue weighted by Crippen LogP contribution is 2.23. The van der Waals surface area contributed by atoms with E-state index in [9.17, 15) is 9.59 Å². The number of rotatable bonds is 8. The molecule has 0 bridgehead atoms. The molecule has 1 aliphatic heterocycles. The highest BCUT2D eigenvalue weighted by Gasteiger charge is 2.33. The van der Waals surface area contributed by atoms with E-state index >= 15 is 0 Å². The van der Waals surface area contributed by atoms with E-state index in [0.717, 1.165) is 44.5 Å². The normalized spacial score (nSPS) is 16.3. The van der Waals surface area contributed by atoms with Crippen molar-refractivity contribution in [3.63, 3.8) is 0 Å². The summed E-state index contributed by atoms with van der Waals surface area (Å²) in [6.07, 6.45) is 3.27. The van der Waals surface area contributed by atoms with E-state index in [1.54, 1.807) is 13.8 Å². The van der Waals surface area contributed by atoms with E-state index < -0.39 is 5.41 Å². The van der Waals surface area contributed by atoms with Crippen LogP contribution in [0.15, 0.2) is 30.3 Å². The third-order valence-corrected chi connectivity index (χ3v) is 4.86. The van der Waals surface area contributed by atoms with Gasteiger partial charge in [-0.1, -0.05) is 37.3 Å². The average molecular weight is 360 g/mol. The maximum absolute atomic E-state index is 12.4. The number of ether oxygens (including phenoxy) is 1. The van der Waals surface area contributed by atoms with Crippen molar-refractivity contribution < 1.29 is 14.3 Å². The summed E-state index contributed by atoms with van der Waals surface area (Å²) >= 11 is 0. The Kier molecular flexibility index (Phi) is 7.64. The molecule has 0 aliphatic carbocycles. The number of piperidine rings is 1. The van der Waals surface area contributed by atoms with Gasteiger partial charge >= 0.3 is 5.97 Å². The molecular formula is C21H32N2O3. The van der Waals surface area contributed by atoms with Gasteiger partial charge in [0.2, 0.25) is 5.91 Å². The molecule has 0 saturated carbocycles. The summed E-state index contributed by atoms with van der Waals surface area (Å²) in [6.45, 7) is 9.14. The number of hydrogen-bond donors (Lipinski definition) is 1. The van der Waals surface area contributed by atoms with Gasteiger partial charge in [-0.05, 0) is 45.2 Å². The molecule has 1 heterocycles. The summed E-state index contributed by atoms with van der Waals surface area (Å²) in [5, 5.41) is 3.09. The van der Waals surface area contributed by atoms with E-state index in [0.29, 0.717) is 0 Å². The smallest absolute Gasteiger partial charge is 0.312 e. The van der Waals surface area contributed by atoms with Gasteiger partial charge in [-0.3, -0.25) is 9.59 Å². The van der Waals surface area contributed by atoms with Crippen molar-refractivity contribution in [3.05, 3.63) is 35.9 Å². The molecule has 0 atom stereocenters. The van der Waals surface area contributed by atoms with Crippen LogP contribution in [0.25, 0.3) is 0 Å². The lowest BCUT2D eigenvalue weighted by atomic mass is 9.88. The van der Waals surface area contributed by atoms with Crippen LogP contribution in [0.4, 0.5) is 0 Å². The molecule has 1 saturated heterocycles. The lowest BCUT2D eigenvalue weighted by Crippen LogP contribution is -2.46. The molecular weight excluding hydrogens is 328 g/mol. The predicted molar refractivity (Wildman–Crippen MR) is 103 cm³/mol. The molecule has 144 valence electrons. The Labute approximate surface area is 157 Å². The Morgan fingerprint density at radius 2 is 1.85 bits per heavy atom. The number of nitrogens with zero attached hydrogens (tertiary/aromatic N) is 1. The molecule has 0 spiro atoms. The van der Waals surface area contributed by atoms with Crippen molar-refractivity contribution >= 4 is 11.9 Å². The summed E-state index contributed by atoms with van der Waals surface area (Å²) in [5.41, 5.74) is 0.113. The summed E-state index contributed by atoms with van der Waals surface area (Å²) in [5.74, 6) is -0.408. The Hall–Kier alpha value is -1.88. The zero-order valence-corrected chi connectivity index (χ0v) is 16.3. The molecule has 1 aromatic rings. The van der Waals surface area contributed by atoms with Crippen molar-refractivity contribution in [2.75, 3.05) is 19.6 Å². The molecule has 1 aliphatic rings. The summed E-state index contributed by atoms with van der Waals surface area (Å²) in [7, 11) is 0. The first kappa shape index (κ1) is 20.4. The summed E-state index contributed by atoms with van der Waals surface area (Å²) in [4.78, 5) is 27.2. The monoisotopic (exact) mass is 360 g/mol. The van der Waals surface area contributed by atoms with Gasteiger partial charge in [0, 0.05) is 25.6 Å². The lowest BCUT2D eigenvalue weighted by Gasteiger charge is -2.32. The van der Waals surface area contributed by atoms with Crippen LogP contribution in [0.1, 0.15) is 52.0 Å². The maximum Gasteiger partial charge on any atom is 0.312 e. The van der Waals surface area contributed by atoms with Gasteiger partial charge in [0.15, 0.2) is 0 Å². The number of esters is 1. The maximum atomic E-state index is 12.4. The highest BCUT2D eigenvalue weighted by atomic mass is 16.5. The second kappa shape index (κ2) is 9.72. The third kappa shape index (κ3) is 6.45. The first-order chi connectivity index (χ1) is 12.4. The lowest BCUT2D eigenvalue weighted by molar-refractivity contribution is -0.157. The fourth-order valence-electron chi connectivity index (χ4n) is 3.29. The van der Waals surface area contributed by atoms with Gasteiger partial charge < -0.3 is 15.0 Å². The summed E-state index contributed by atoms with van der Waals surface area (Å²) < 4.78 is 5.40. The van der Waals surface area contributed by atoms with Crippen molar-refractivity contribution in [2.45, 2.75) is 59.1 Å². The zero-order chi connectivity index (χ0) is 19.0. The number of carbonyl (C=O) groups is 2. The topological polar surface area (TPSA) is 58.6 Å². The molecule has 1 N–H and O–H groups in total. The number of hydrogen-bond acceptors (Lipinski definition) is 4. The summed E-state index contributed by atoms with van der Waals surface area (Å²) in [6, 6.07) is 9.79. The van der Waals surface area contributed by atoms with Crippen LogP contribution in [-0.2, 0) is 20.9 Å². The fourth-order valence-corrected chi connectivity index (χ4v) is 3.29. The minimum atomic E-state index is -0.832. The van der Waals surface area contributed by atoms with Crippen LogP contribution in [0.5, 0.6) is 0 Å². The molecule has 1 fully saturated rings. The largest absolute Gasteiger partial charge is 0.460 e. The van der Waals surface area contributed by atoms with E-state index in [4.69, 9.17) is 4.74 Å². The van der Waals surface area contributed by atoms with Crippen molar-refractivity contribution in [1.82, 2.24) is 10.2 Å². The van der Waals surface area contributed by atoms with Crippen molar-refractivity contribution in [3.8, 4) is 0 Å². The standard InChI is InChI=1S/C21H32N2O3/c1-4-12-23-13-10-18(11-14-23)22-19(24)15-21(2,3)20(25)26-16-17-8-6-5-7-9-17/h5-9,18H,4,10-16H2,1-3H3,(H,22,24). The van der Waals surface area contributed by atoms with Gasteiger partial charge in [-0.2, -0.15) is 0 Å². The average Bonchev–Trinajstić information content (AvgIpc) is 2.62. The van der Waals surface area contributed by atoms with Crippen LogP contribution in [0.2, 0.25) is 0 Å². The van der Waals surface area contributed by atoms with Gasteiger partial charge in [0.1, 0.15) is 6.61 Å². The molecule has 0 radical (unpaired) electrons. The first-order valence-electron chi connectivity index (χ1n) is 9.63. The fraction of sp³-hybridized carbons (Fsp3) is 0.619. The third-order valence-electron chi connectivity index (χ3n) is 4.86. The molecule has 26 heavy (non-hydrogen) atoms. The second-order valence-electron chi connectivity index (χ2n) is 7.81. The molecule has 0 unspecified atom stereocenters. The van der Waals surface area contributed by atoms with Gasteiger partial charge in [0.05, 0.1) is 5.41 Å². The Morgan fingerprint density at radius 3 is 2.46 bits per heavy atom. The van der Waals surface area contributed by atoms with Crippen LogP contribution >= 0.6 is 0 Å². The van der Waals surface area contributed by atoms with Gasteiger partial charge in [-0.25, -0.2) is 0 Å². The Balaban J connectivity index is 1.75. The SMILES string of the molecule is CCCN1CCC(NC(=O)CC(C)(C)C(=O)OCc2ccccc2)CC1. The number of carbonyl (C=O) groups excluding carboxylic acids is 2. The number of nitrogens with one attached hydrogen (secondary N) is 1. The van der Waals surface area contributed by atoms with Crippen LogP contribution in [0.3, 0.4) is 0 Å². The van der Waals surface area contributed by atoms with E-state index in [1.165, 1.54) is 0 Å². The number of amides is 1. The minimum Gasteiger partial charge on any atom is -0.460 e. The van der Waals surface area contributed by atoms with E-state index in [2.05, 4.69) is 17.1 Å². The molecule has 5 nitrogen and oxygen atoms in total. The minimum absolute atomic E-state index is 0.0689. The van der Waals surface area contributed by atoms with Crippen LogP contribution in [0, 0.1) is 5.41 Å². The quantitative estimate of drug-likeness (QED) is 0.724. The van der Waals surface area contributed by atoms with Crippen LogP contribution in [-0.4, -0.2) is 42.5 Å². The number of benzene rings is 1. The molecule has 5 heteroatoms. The van der Waals surface area contributed by atoms with E-state index in [-0.39, 0.29) is 30.9 Å². The van der Waals surface area contributed by atoms with Crippen molar-refractivity contribution in [2.24, 2.45) is 5.41 Å². The number of likely N-dealkylation sites (tertiary alicyclic amines) is 1. The zero-order valence-electron chi connectivity index (χ0n) is 16.3. The van der Waals surface area contributed by atoms with E-state index in [1.807, 2.05) is 30.3 Å². The highest BCUT2D eigenvalue weighted by molar-refractivity contribution is 5.85. The van der Waals surface area contributed by atoms with Gasteiger partial charge in [-0.15, -0.1) is 0 Å². The van der Waals surface area contributed by atoms with Crippen molar-refractivity contribution in [1.29, 1.82) is 0 Å². The first-order valence-corrected chi connectivity index (χ1v) is 9.63.